The maximum atomic E-state index is 13.0. The molecule has 1 aromatic carbocycles. The zero-order valence-electron chi connectivity index (χ0n) is 17.1. The van der Waals surface area contributed by atoms with Gasteiger partial charge in [-0.05, 0) is 19.1 Å². The van der Waals surface area contributed by atoms with Gasteiger partial charge in [-0.3, -0.25) is 4.79 Å². The standard InChI is InChI=1S/C19H28N4O5S/c1-4-21-12-19(11-17(21)24)13-22(8-9-23(14-19)29(3,26)27)18(25)20-15-6-5-7-16(10-15)28-2/h5-7,10H,4,8-9,11-14H2,1-3H3,(H,20,25)/t19-/m1/s1. The van der Waals surface area contributed by atoms with Crippen LogP contribution in [-0.4, -0.2) is 87.1 Å². The highest BCUT2D eigenvalue weighted by Crippen LogP contribution is 2.35. The van der Waals surface area contributed by atoms with E-state index in [1.54, 1.807) is 41.2 Å². The van der Waals surface area contributed by atoms with Gasteiger partial charge in [-0.2, -0.15) is 4.31 Å². The molecule has 1 aromatic rings. The van der Waals surface area contributed by atoms with Gasteiger partial charge < -0.3 is 19.9 Å². The Hall–Kier alpha value is -2.33. The molecular formula is C19H28N4O5S. The Morgan fingerprint density at radius 3 is 2.62 bits per heavy atom. The molecule has 0 saturated carbocycles. The topological polar surface area (TPSA) is 99.3 Å². The van der Waals surface area contributed by atoms with Crippen LogP contribution in [0.4, 0.5) is 10.5 Å². The first-order chi connectivity index (χ1) is 13.7. The van der Waals surface area contributed by atoms with Gasteiger partial charge >= 0.3 is 6.03 Å². The first kappa shape index (κ1) is 21.4. The minimum absolute atomic E-state index is 0.00370. The van der Waals surface area contributed by atoms with Gasteiger partial charge in [-0.1, -0.05) is 6.07 Å². The average molecular weight is 425 g/mol. The molecule has 1 spiro atoms. The van der Waals surface area contributed by atoms with Gasteiger partial charge in [0, 0.05) is 62.9 Å². The molecule has 10 heteroatoms. The number of likely N-dealkylation sites (tertiary alicyclic amines) is 1. The summed E-state index contributed by atoms with van der Waals surface area (Å²) in [4.78, 5) is 28.7. The van der Waals surface area contributed by atoms with E-state index in [0.717, 1.165) is 0 Å². The van der Waals surface area contributed by atoms with Crippen molar-refractivity contribution in [2.24, 2.45) is 5.41 Å². The first-order valence-electron chi connectivity index (χ1n) is 9.59. The van der Waals surface area contributed by atoms with Crippen molar-refractivity contribution in [3.63, 3.8) is 0 Å². The van der Waals surface area contributed by atoms with Gasteiger partial charge in [-0.15, -0.1) is 0 Å². The Morgan fingerprint density at radius 2 is 2.00 bits per heavy atom. The highest BCUT2D eigenvalue weighted by molar-refractivity contribution is 7.88. The molecule has 160 valence electrons. The Kier molecular flexibility index (Phi) is 6.04. The highest BCUT2D eigenvalue weighted by Gasteiger charge is 2.48. The Labute approximate surface area is 171 Å². The maximum absolute atomic E-state index is 13.0. The van der Waals surface area contributed by atoms with E-state index in [-0.39, 0.29) is 38.0 Å². The van der Waals surface area contributed by atoms with Crippen molar-refractivity contribution in [3.8, 4) is 5.75 Å². The molecule has 0 aliphatic carbocycles. The summed E-state index contributed by atoms with van der Waals surface area (Å²) in [7, 11) is -1.89. The van der Waals surface area contributed by atoms with Crippen LogP contribution in [0.5, 0.6) is 5.75 Å². The monoisotopic (exact) mass is 424 g/mol. The number of nitrogens with zero attached hydrogens (tertiary/aromatic N) is 3. The van der Waals surface area contributed by atoms with Gasteiger partial charge in [0.25, 0.3) is 0 Å². The molecule has 0 unspecified atom stereocenters. The summed E-state index contributed by atoms with van der Waals surface area (Å²) >= 11 is 0. The number of hydrogen-bond acceptors (Lipinski definition) is 5. The minimum atomic E-state index is -3.44. The molecule has 0 radical (unpaired) electrons. The number of anilines is 1. The molecule has 2 saturated heterocycles. The number of methoxy groups -OCH3 is 1. The van der Waals surface area contributed by atoms with Crippen LogP contribution in [0.2, 0.25) is 0 Å². The van der Waals surface area contributed by atoms with E-state index in [0.29, 0.717) is 31.1 Å². The van der Waals surface area contributed by atoms with E-state index in [1.807, 2.05) is 6.92 Å². The van der Waals surface area contributed by atoms with Gasteiger partial charge in [0.1, 0.15) is 5.75 Å². The van der Waals surface area contributed by atoms with Crippen molar-refractivity contribution < 1.29 is 22.7 Å². The van der Waals surface area contributed by atoms with Crippen LogP contribution in [0.15, 0.2) is 24.3 Å². The molecule has 3 rings (SSSR count). The number of amides is 3. The first-order valence-corrected chi connectivity index (χ1v) is 11.4. The number of sulfonamides is 1. The molecule has 2 aliphatic heterocycles. The molecule has 1 N–H and O–H groups in total. The predicted molar refractivity (Wildman–Crippen MR) is 109 cm³/mol. The van der Waals surface area contributed by atoms with Gasteiger partial charge in [-0.25, -0.2) is 13.2 Å². The second kappa shape index (κ2) is 8.19. The summed E-state index contributed by atoms with van der Waals surface area (Å²) < 4.78 is 31.1. The number of hydrogen-bond donors (Lipinski definition) is 1. The third kappa shape index (κ3) is 4.81. The van der Waals surface area contributed by atoms with Crippen LogP contribution < -0.4 is 10.1 Å². The molecule has 2 heterocycles. The zero-order chi connectivity index (χ0) is 21.2. The molecule has 29 heavy (non-hydrogen) atoms. The third-order valence-corrected chi connectivity index (χ3v) is 6.77. The highest BCUT2D eigenvalue weighted by atomic mass is 32.2. The zero-order valence-corrected chi connectivity index (χ0v) is 17.9. The fourth-order valence-corrected chi connectivity index (χ4v) is 4.98. The number of carbonyl (C=O) groups excluding carboxylic acids is 2. The van der Waals surface area contributed by atoms with E-state index in [2.05, 4.69) is 5.32 Å². The SMILES string of the molecule is CCN1C[C@]2(CC1=O)CN(C(=O)Nc1cccc(OC)c1)CCN(S(C)(=O)=O)C2. The van der Waals surface area contributed by atoms with Crippen LogP contribution in [-0.2, 0) is 14.8 Å². The van der Waals surface area contributed by atoms with Crippen molar-refractivity contribution >= 4 is 27.6 Å². The number of ether oxygens (including phenoxy) is 1. The number of benzene rings is 1. The summed E-state index contributed by atoms with van der Waals surface area (Å²) in [5.74, 6) is 0.620. The summed E-state index contributed by atoms with van der Waals surface area (Å²) in [5.41, 5.74) is -0.0245. The van der Waals surface area contributed by atoms with Gasteiger partial charge in [0.05, 0.1) is 13.4 Å². The second-order valence-electron chi connectivity index (χ2n) is 7.76. The van der Waals surface area contributed by atoms with Gasteiger partial charge in [0.15, 0.2) is 0 Å². The fraction of sp³-hybridized carbons (Fsp3) is 0.579. The van der Waals surface area contributed by atoms with Crippen LogP contribution >= 0.6 is 0 Å². The number of carbonyl (C=O) groups is 2. The Bertz CT molecular complexity index is 890. The predicted octanol–water partition coefficient (Wildman–Crippen LogP) is 1.04. The second-order valence-corrected chi connectivity index (χ2v) is 9.75. The van der Waals surface area contributed by atoms with Crippen LogP contribution in [0.1, 0.15) is 13.3 Å². The fourth-order valence-electron chi connectivity index (χ4n) is 4.06. The number of nitrogens with one attached hydrogen (secondary N) is 1. The van der Waals surface area contributed by atoms with Crippen LogP contribution in [0.3, 0.4) is 0 Å². The molecule has 0 aromatic heterocycles. The van der Waals surface area contributed by atoms with E-state index in [4.69, 9.17) is 4.74 Å². The Balaban J connectivity index is 1.83. The van der Waals surface area contributed by atoms with Gasteiger partial charge in [0.2, 0.25) is 15.9 Å². The van der Waals surface area contributed by atoms with Crippen molar-refractivity contribution in [2.45, 2.75) is 13.3 Å². The summed E-state index contributed by atoms with van der Waals surface area (Å²) in [6, 6.07) is 6.71. The molecule has 1 atom stereocenters. The number of rotatable bonds is 4. The molecule has 0 bridgehead atoms. The van der Waals surface area contributed by atoms with E-state index >= 15 is 0 Å². The van der Waals surface area contributed by atoms with Crippen molar-refractivity contribution in [1.82, 2.24) is 14.1 Å². The van der Waals surface area contributed by atoms with E-state index < -0.39 is 15.4 Å². The molecular weight excluding hydrogens is 396 g/mol. The molecule has 2 aliphatic rings. The minimum Gasteiger partial charge on any atom is -0.497 e. The van der Waals surface area contributed by atoms with Crippen molar-refractivity contribution in [3.05, 3.63) is 24.3 Å². The normalized spacial score (nSPS) is 23.3. The lowest BCUT2D eigenvalue weighted by atomic mass is 9.86. The van der Waals surface area contributed by atoms with E-state index in [9.17, 15) is 18.0 Å². The smallest absolute Gasteiger partial charge is 0.321 e. The Morgan fingerprint density at radius 1 is 1.24 bits per heavy atom. The lowest BCUT2D eigenvalue weighted by Gasteiger charge is -2.33. The number of urea groups is 1. The molecule has 9 nitrogen and oxygen atoms in total. The van der Waals surface area contributed by atoms with Crippen molar-refractivity contribution in [2.75, 3.05) is 58.0 Å². The van der Waals surface area contributed by atoms with E-state index in [1.165, 1.54) is 10.6 Å². The lowest BCUT2D eigenvalue weighted by Crippen LogP contribution is -2.46. The summed E-state index contributed by atoms with van der Waals surface area (Å²) in [6.45, 7) is 3.91. The van der Waals surface area contributed by atoms with Crippen molar-refractivity contribution in [1.29, 1.82) is 0 Å². The average Bonchev–Trinajstić information content (AvgIpc) is 2.84. The molecule has 3 amide bonds. The third-order valence-electron chi connectivity index (χ3n) is 5.52. The maximum Gasteiger partial charge on any atom is 0.321 e. The quantitative estimate of drug-likeness (QED) is 0.779. The van der Waals surface area contributed by atoms with Crippen LogP contribution in [0, 0.1) is 5.41 Å². The lowest BCUT2D eigenvalue weighted by molar-refractivity contribution is -0.127. The largest absolute Gasteiger partial charge is 0.497 e. The molecule has 2 fully saturated rings. The summed E-state index contributed by atoms with van der Waals surface area (Å²) in [6.07, 6.45) is 1.40. The summed E-state index contributed by atoms with van der Waals surface area (Å²) in [5, 5.41) is 2.85. The van der Waals surface area contributed by atoms with Crippen LogP contribution in [0.25, 0.3) is 0 Å².